The summed E-state index contributed by atoms with van der Waals surface area (Å²) in [7, 11) is 0. The quantitative estimate of drug-likeness (QED) is 0.0434. The molecule has 0 aliphatic carbocycles. The zero-order chi connectivity index (χ0) is 37.8. The minimum Gasteiger partial charge on any atom is -0.394 e. The maximum Gasteiger partial charge on any atom is 0.220 e. The molecule has 3 N–H and O–H groups in total. The molecule has 0 aromatic carbocycles. The predicted molar refractivity (Wildman–Crippen MR) is 230 cm³/mol. The number of allylic oxidation sites excluding steroid dienone is 7. The van der Waals surface area contributed by atoms with E-state index in [0.29, 0.717) is 6.42 Å². The molecule has 0 heterocycles. The molecule has 0 aromatic heterocycles. The van der Waals surface area contributed by atoms with Gasteiger partial charge in [-0.1, -0.05) is 204 Å². The molecule has 2 unspecified atom stereocenters. The number of hydrogen-bond acceptors (Lipinski definition) is 3. The molecule has 1 amide bonds. The molecule has 0 bridgehead atoms. The number of hydrogen-bond donors (Lipinski definition) is 3. The van der Waals surface area contributed by atoms with Gasteiger partial charge in [0.25, 0.3) is 0 Å². The summed E-state index contributed by atoms with van der Waals surface area (Å²) in [5, 5.41) is 23.0. The van der Waals surface area contributed by atoms with E-state index < -0.39 is 12.1 Å². The summed E-state index contributed by atoms with van der Waals surface area (Å²) in [4.78, 5) is 12.3. The van der Waals surface area contributed by atoms with Gasteiger partial charge in [0.1, 0.15) is 0 Å². The van der Waals surface area contributed by atoms with Crippen molar-refractivity contribution in [2.45, 2.75) is 244 Å². The fourth-order valence-corrected chi connectivity index (χ4v) is 6.73. The highest BCUT2D eigenvalue weighted by molar-refractivity contribution is 5.76. The molecule has 0 saturated heterocycles. The molecule has 0 spiro atoms. The molecule has 0 radical (unpaired) electrons. The summed E-state index contributed by atoms with van der Waals surface area (Å²) < 4.78 is 0. The standard InChI is InChI=1S/C48H89NO3/c1-3-5-7-9-11-13-15-17-18-19-20-21-22-23-24-25-26-27-28-29-30-32-33-35-37-39-41-43-47(51)46(45-50)49-48(52)44-42-40-38-36-34-31-16-14-12-10-8-6-4-2/h14,16,28-29,33,35,41,43,46-47,50-51H,3-13,15,17-27,30-32,34,36-40,42,44-45H2,1-2H3,(H,49,52)/b16-14-,29-28+,35-33+,43-41+. The van der Waals surface area contributed by atoms with Gasteiger partial charge in [0.15, 0.2) is 0 Å². The van der Waals surface area contributed by atoms with Crippen molar-refractivity contribution in [2.24, 2.45) is 0 Å². The Hall–Kier alpha value is -1.65. The van der Waals surface area contributed by atoms with Gasteiger partial charge >= 0.3 is 0 Å². The van der Waals surface area contributed by atoms with E-state index in [-0.39, 0.29) is 12.5 Å². The van der Waals surface area contributed by atoms with E-state index in [1.165, 1.54) is 161 Å². The van der Waals surface area contributed by atoms with Crippen LogP contribution >= 0.6 is 0 Å². The summed E-state index contributed by atoms with van der Waals surface area (Å²) in [6.07, 6.45) is 59.5. The van der Waals surface area contributed by atoms with Crippen LogP contribution in [0.5, 0.6) is 0 Å². The fourth-order valence-electron chi connectivity index (χ4n) is 6.73. The zero-order valence-corrected chi connectivity index (χ0v) is 34.8. The van der Waals surface area contributed by atoms with E-state index in [1.807, 2.05) is 6.08 Å². The topological polar surface area (TPSA) is 69.6 Å². The van der Waals surface area contributed by atoms with E-state index in [4.69, 9.17) is 0 Å². The van der Waals surface area contributed by atoms with Crippen molar-refractivity contribution < 1.29 is 15.0 Å². The number of aliphatic hydroxyl groups excluding tert-OH is 2. The number of nitrogens with one attached hydrogen (secondary N) is 1. The Labute approximate surface area is 324 Å². The summed E-state index contributed by atoms with van der Waals surface area (Å²) in [6, 6.07) is -0.649. The molecule has 52 heavy (non-hydrogen) atoms. The van der Waals surface area contributed by atoms with Crippen LogP contribution in [-0.2, 0) is 4.79 Å². The first-order chi connectivity index (χ1) is 25.7. The zero-order valence-electron chi connectivity index (χ0n) is 34.8. The third-order valence-electron chi connectivity index (χ3n) is 10.3. The first-order valence-electron chi connectivity index (χ1n) is 22.9. The Kier molecular flexibility index (Phi) is 42.4. The van der Waals surface area contributed by atoms with Crippen LogP contribution in [0.2, 0.25) is 0 Å². The van der Waals surface area contributed by atoms with E-state index in [2.05, 4.69) is 55.6 Å². The maximum absolute atomic E-state index is 12.3. The molecule has 4 nitrogen and oxygen atoms in total. The van der Waals surface area contributed by atoms with Gasteiger partial charge in [-0.15, -0.1) is 0 Å². The van der Waals surface area contributed by atoms with Crippen molar-refractivity contribution in [1.82, 2.24) is 5.32 Å². The molecule has 304 valence electrons. The minimum atomic E-state index is -0.873. The first-order valence-corrected chi connectivity index (χ1v) is 22.9. The Morgan fingerprint density at radius 3 is 1.13 bits per heavy atom. The average Bonchev–Trinajstić information content (AvgIpc) is 3.15. The second kappa shape index (κ2) is 43.8. The van der Waals surface area contributed by atoms with Crippen molar-refractivity contribution in [1.29, 1.82) is 0 Å². The van der Waals surface area contributed by atoms with Gasteiger partial charge in [-0.3, -0.25) is 4.79 Å². The van der Waals surface area contributed by atoms with Crippen molar-refractivity contribution in [3.63, 3.8) is 0 Å². The van der Waals surface area contributed by atoms with Crippen LogP contribution in [0.1, 0.15) is 232 Å². The summed E-state index contributed by atoms with van der Waals surface area (Å²) in [5.41, 5.74) is 0. The van der Waals surface area contributed by atoms with Gasteiger partial charge < -0.3 is 15.5 Å². The second-order valence-electron chi connectivity index (χ2n) is 15.4. The lowest BCUT2D eigenvalue weighted by atomic mass is 10.0. The lowest BCUT2D eigenvalue weighted by molar-refractivity contribution is -0.123. The van der Waals surface area contributed by atoms with Crippen LogP contribution in [0.3, 0.4) is 0 Å². The maximum atomic E-state index is 12.3. The number of carbonyl (C=O) groups excluding carboxylic acids is 1. The largest absolute Gasteiger partial charge is 0.394 e. The molecule has 4 heteroatoms. The molecule has 0 saturated carbocycles. The van der Waals surface area contributed by atoms with Gasteiger partial charge in [-0.05, 0) is 70.6 Å². The third kappa shape index (κ3) is 39.6. The van der Waals surface area contributed by atoms with E-state index >= 15 is 0 Å². The molecule has 0 rings (SSSR count). The molecule has 0 aromatic rings. The van der Waals surface area contributed by atoms with E-state index in [1.54, 1.807) is 6.08 Å². The SMILES string of the molecule is CCCCCC/C=C\CCCCCCCC(=O)NC(CO)C(O)/C=C/CC/C=C/CC/C=C/CCCCCCCCCCCCCCCCCCC. The normalized spacial score (nSPS) is 13.4. The highest BCUT2D eigenvalue weighted by atomic mass is 16.3. The van der Waals surface area contributed by atoms with Crippen molar-refractivity contribution in [2.75, 3.05) is 6.61 Å². The highest BCUT2D eigenvalue weighted by Crippen LogP contribution is 2.15. The second-order valence-corrected chi connectivity index (χ2v) is 15.4. The Morgan fingerprint density at radius 2 is 0.750 bits per heavy atom. The minimum absolute atomic E-state index is 0.0882. The molecular weight excluding hydrogens is 639 g/mol. The number of amides is 1. The van der Waals surface area contributed by atoms with E-state index in [9.17, 15) is 15.0 Å². The van der Waals surface area contributed by atoms with Gasteiger partial charge in [0.05, 0.1) is 18.8 Å². The Morgan fingerprint density at radius 1 is 0.442 bits per heavy atom. The Balaban J connectivity index is 3.60. The van der Waals surface area contributed by atoms with Crippen LogP contribution in [0, 0.1) is 0 Å². The van der Waals surface area contributed by atoms with Crippen LogP contribution < -0.4 is 5.32 Å². The molecule has 0 aliphatic heterocycles. The predicted octanol–water partition coefficient (Wildman–Crippen LogP) is 14.4. The Bertz CT molecular complexity index is 831. The fraction of sp³-hybridized carbons (Fsp3) is 0.812. The molecule has 0 fully saturated rings. The number of carbonyl (C=O) groups is 1. The average molecular weight is 728 g/mol. The summed E-state index contributed by atoms with van der Waals surface area (Å²) >= 11 is 0. The number of unbranched alkanes of at least 4 members (excludes halogenated alkanes) is 28. The molecule has 2 atom stereocenters. The van der Waals surface area contributed by atoms with Gasteiger partial charge in [0, 0.05) is 6.42 Å². The lowest BCUT2D eigenvalue weighted by Crippen LogP contribution is -2.45. The third-order valence-corrected chi connectivity index (χ3v) is 10.3. The van der Waals surface area contributed by atoms with Crippen LogP contribution in [0.4, 0.5) is 0 Å². The van der Waals surface area contributed by atoms with Crippen LogP contribution in [0.15, 0.2) is 48.6 Å². The number of aliphatic hydroxyl groups is 2. The van der Waals surface area contributed by atoms with E-state index in [0.717, 1.165) is 51.4 Å². The van der Waals surface area contributed by atoms with Gasteiger partial charge in [0.2, 0.25) is 5.91 Å². The lowest BCUT2D eigenvalue weighted by Gasteiger charge is -2.19. The summed E-state index contributed by atoms with van der Waals surface area (Å²) in [5.74, 6) is -0.0882. The first kappa shape index (κ1) is 50.4. The summed E-state index contributed by atoms with van der Waals surface area (Å²) in [6.45, 7) is 4.28. The number of rotatable bonds is 41. The monoisotopic (exact) mass is 728 g/mol. The smallest absolute Gasteiger partial charge is 0.220 e. The molecule has 0 aliphatic rings. The van der Waals surface area contributed by atoms with Crippen LogP contribution in [-0.4, -0.2) is 34.9 Å². The van der Waals surface area contributed by atoms with Crippen LogP contribution in [0.25, 0.3) is 0 Å². The molecular formula is C48H89NO3. The van der Waals surface area contributed by atoms with Crippen molar-refractivity contribution in [3.05, 3.63) is 48.6 Å². The van der Waals surface area contributed by atoms with Crippen molar-refractivity contribution >= 4 is 5.91 Å². The van der Waals surface area contributed by atoms with Gasteiger partial charge in [-0.25, -0.2) is 0 Å². The van der Waals surface area contributed by atoms with Gasteiger partial charge in [-0.2, -0.15) is 0 Å². The highest BCUT2D eigenvalue weighted by Gasteiger charge is 2.17. The van der Waals surface area contributed by atoms with Crippen molar-refractivity contribution in [3.8, 4) is 0 Å².